The first-order valence-corrected chi connectivity index (χ1v) is 9.50. The number of ether oxygens (including phenoxy) is 1. The molecular weight excluding hydrogens is 388 g/mol. The molecule has 3 aromatic heterocycles. The third kappa shape index (κ3) is 3.12. The molecule has 0 bridgehead atoms. The van der Waals surface area contributed by atoms with Crippen molar-refractivity contribution in [3.63, 3.8) is 0 Å². The summed E-state index contributed by atoms with van der Waals surface area (Å²) >= 11 is 1.61. The van der Waals surface area contributed by atoms with Crippen LogP contribution in [0.1, 0.15) is 12.2 Å². The van der Waals surface area contributed by atoms with E-state index in [0.717, 1.165) is 38.6 Å². The van der Waals surface area contributed by atoms with Crippen molar-refractivity contribution in [1.29, 1.82) is 0 Å². The first-order valence-electron chi connectivity index (χ1n) is 8.68. The number of hydrogen-bond donors (Lipinski definition) is 1. The first kappa shape index (κ1) is 17.2. The molecule has 1 N–H and O–H groups in total. The Morgan fingerprint density at radius 3 is 2.79 bits per heavy atom. The number of fused-ring (bicyclic) bond motifs is 2. The molecule has 4 aromatic rings. The van der Waals surface area contributed by atoms with Crippen molar-refractivity contribution in [2.45, 2.75) is 6.43 Å². The Hall–Kier alpha value is -2.92. The van der Waals surface area contributed by atoms with Gasteiger partial charge in [0.2, 0.25) is 5.82 Å². The number of alkyl halides is 2. The van der Waals surface area contributed by atoms with Gasteiger partial charge in [-0.25, -0.2) is 13.8 Å². The highest BCUT2D eigenvalue weighted by atomic mass is 32.1. The standard InChI is InChI=1S/C17H15F2N7OS/c18-15(19)16-23-22-14-4-3-13(24-26(14)16)20-10-1-2-11-12(9-10)28-17(21-11)25-5-7-27-8-6-25/h1-4,9,15H,5-8H2,(H,20,24). The zero-order valence-corrected chi connectivity index (χ0v) is 15.4. The van der Waals surface area contributed by atoms with Crippen LogP contribution in [0.5, 0.6) is 0 Å². The molecule has 11 heteroatoms. The van der Waals surface area contributed by atoms with E-state index in [2.05, 4.69) is 25.5 Å². The smallest absolute Gasteiger partial charge is 0.299 e. The molecule has 1 aliphatic heterocycles. The third-order valence-corrected chi connectivity index (χ3v) is 5.49. The molecule has 4 heterocycles. The molecule has 1 aliphatic rings. The van der Waals surface area contributed by atoms with Gasteiger partial charge in [-0.2, -0.15) is 4.52 Å². The van der Waals surface area contributed by atoms with Crippen LogP contribution in [0.25, 0.3) is 15.9 Å². The number of nitrogens with one attached hydrogen (secondary N) is 1. The van der Waals surface area contributed by atoms with Gasteiger partial charge in [-0.15, -0.1) is 15.3 Å². The Morgan fingerprint density at radius 1 is 1.11 bits per heavy atom. The average molecular weight is 403 g/mol. The Bertz CT molecular complexity index is 1140. The van der Waals surface area contributed by atoms with E-state index in [1.165, 1.54) is 0 Å². The summed E-state index contributed by atoms with van der Waals surface area (Å²) in [5.41, 5.74) is 1.98. The molecule has 1 aromatic carbocycles. The fourth-order valence-electron chi connectivity index (χ4n) is 3.04. The molecule has 0 spiro atoms. The molecule has 0 amide bonds. The topological polar surface area (TPSA) is 80.5 Å². The molecule has 28 heavy (non-hydrogen) atoms. The second-order valence-corrected chi connectivity index (χ2v) is 7.26. The van der Waals surface area contributed by atoms with Crippen LogP contribution in [0.4, 0.5) is 25.4 Å². The summed E-state index contributed by atoms with van der Waals surface area (Å²) in [6.07, 6.45) is -2.75. The van der Waals surface area contributed by atoms with Crippen LogP contribution >= 0.6 is 11.3 Å². The zero-order valence-electron chi connectivity index (χ0n) is 14.5. The van der Waals surface area contributed by atoms with E-state index < -0.39 is 12.2 Å². The summed E-state index contributed by atoms with van der Waals surface area (Å²) in [5, 5.41) is 15.5. The Kier molecular flexibility index (Phi) is 4.24. The number of hydrogen-bond acceptors (Lipinski definition) is 8. The van der Waals surface area contributed by atoms with Gasteiger partial charge < -0.3 is 15.0 Å². The minimum Gasteiger partial charge on any atom is -0.378 e. The van der Waals surface area contributed by atoms with E-state index in [-0.39, 0.29) is 5.65 Å². The molecule has 5 rings (SSSR count). The lowest BCUT2D eigenvalue weighted by Gasteiger charge is -2.25. The van der Waals surface area contributed by atoms with Gasteiger partial charge in [-0.05, 0) is 30.3 Å². The molecule has 0 aliphatic carbocycles. The number of rotatable bonds is 4. The van der Waals surface area contributed by atoms with Crippen LogP contribution in [0.15, 0.2) is 30.3 Å². The van der Waals surface area contributed by atoms with Crippen molar-refractivity contribution < 1.29 is 13.5 Å². The van der Waals surface area contributed by atoms with Crippen LogP contribution < -0.4 is 10.2 Å². The van der Waals surface area contributed by atoms with Crippen molar-refractivity contribution in [2.24, 2.45) is 0 Å². The van der Waals surface area contributed by atoms with Crippen LogP contribution in [0.2, 0.25) is 0 Å². The van der Waals surface area contributed by atoms with E-state index in [1.807, 2.05) is 18.2 Å². The maximum absolute atomic E-state index is 13.0. The summed E-state index contributed by atoms with van der Waals surface area (Å²) < 4.78 is 33.5. The SMILES string of the molecule is FC(F)c1nnc2ccc(Nc3ccc4nc(N5CCOCC5)sc4c3)nn12. The molecule has 0 saturated carbocycles. The van der Waals surface area contributed by atoms with Crippen molar-refractivity contribution in [2.75, 3.05) is 36.5 Å². The monoisotopic (exact) mass is 403 g/mol. The van der Waals surface area contributed by atoms with E-state index in [4.69, 9.17) is 9.72 Å². The first-order chi connectivity index (χ1) is 13.7. The number of benzene rings is 1. The highest BCUT2D eigenvalue weighted by Gasteiger charge is 2.18. The maximum Gasteiger partial charge on any atom is 0.299 e. The van der Waals surface area contributed by atoms with Crippen LogP contribution in [0, 0.1) is 0 Å². The van der Waals surface area contributed by atoms with Gasteiger partial charge in [0.15, 0.2) is 16.6 Å². The average Bonchev–Trinajstić information content (AvgIpc) is 3.32. The summed E-state index contributed by atoms with van der Waals surface area (Å²) in [6, 6.07) is 9.06. The minimum absolute atomic E-state index is 0.272. The lowest BCUT2D eigenvalue weighted by molar-refractivity contribution is 0.122. The fourth-order valence-corrected chi connectivity index (χ4v) is 4.09. The largest absolute Gasteiger partial charge is 0.378 e. The van der Waals surface area contributed by atoms with E-state index in [1.54, 1.807) is 23.5 Å². The molecule has 0 atom stereocenters. The number of nitrogens with zero attached hydrogens (tertiary/aromatic N) is 6. The summed E-state index contributed by atoms with van der Waals surface area (Å²) in [7, 11) is 0. The second kappa shape index (κ2) is 6.91. The molecule has 1 saturated heterocycles. The van der Waals surface area contributed by atoms with Crippen molar-refractivity contribution in [3.05, 3.63) is 36.2 Å². The Morgan fingerprint density at radius 2 is 1.96 bits per heavy atom. The maximum atomic E-state index is 13.0. The fraction of sp³-hybridized carbons (Fsp3) is 0.294. The van der Waals surface area contributed by atoms with Crippen molar-refractivity contribution in [3.8, 4) is 0 Å². The number of morpholine rings is 1. The van der Waals surface area contributed by atoms with Gasteiger partial charge in [0, 0.05) is 18.8 Å². The van der Waals surface area contributed by atoms with Crippen molar-refractivity contribution in [1.82, 2.24) is 24.8 Å². The number of anilines is 3. The predicted molar refractivity (Wildman–Crippen MR) is 102 cm³/mol. The van der Waals surface area contributed by atoms with Gasteiger partial charge in [0.25, 0.3) is 6.43 Å². The summed E-state index contributed by atoms with van der Waals surface area (Å²) in [6.45, 7) is 3.09. The molecule has 0 radical (unpaired) electrons. The van der Waals surface area contributed by atoms with Crippen molar-refractivity contribution >= 4 is 43.8 Å². The van der Waals surface area contributed by atoms with E-state index >= 15 is 0 Å². The molecular formula is C17H15F2N7OS. The van der Waals surface area contributed by atoms with Gasteiger partial charge in [0.05, 0.1) is 23.4 Å². The number of aromatic nitrogens is 5. The number of halogens is 2. The Labute approximate surface area is 161 Å². The zero-order chi connectivity index (χ0) is 19.1. The molecule has 0 unspecified atom stereocenters. The van der Waals surface area contributed by atoms with Crippen LogP contribution in [-0.4, -0.2) is 51.1 Å². The normalized spacial score (nSPS) is 15.0. The highest BCUT2D eigenvalue weighted by molar-refractivity contribution is 7.22. The predicted octanol–water partition coefficient (Wildman–Crippen LogP) is 3.25. The van der Waals surface area contributed by atoms with Gasteiger partial charge >= 0.3 is 0 Å². The third-order valence-electron chi connectivity index (χ3n) is 4.41. The highest BCUT2D eigenvalue weighted by Crippen LogP contribution is 2.32. The Balaban J connectivity index is 1.43. The number of thiazole rings is 1. The quantitative estimate of drug-likeness (QED) is 0.560. The van der Waals surface area contributed by atoms with Crippen LogP contribution in [0.3, 0.4) is 0 Å². The summed E-state index contributed by atoms with van der Waals surface area (Å²) in [4.78, 5) is 6.91. The lowest BCUT2D eigenvalue weighted by Crippen LogP contribution is -2.36. The lowest BCUT2D eigenvalue weighted by atomic mass is 10.3. The minimum atomic E-state index is -2.75. The van der Waals surface area contributed by atoms with E-state index in [0.29, 0.717) is 19.0 Å². The van der Waals surface area contributed by atoms with E-state index in [9.17, 15) is 8.78 Å². The van der Waals surface area contributed by atoms with Gasteiger partial charge in [-0.3, -0.25) is 0 Å². The molecule has 1 fully saturated rings. The second-order valence-electron chi connectivity index (χ2n) is 6.25. The molecule has 144 valence electrons. The van der Waals surface area contributed by atoms with Gasteiger partial charge in [-0.1, -0.05) is 11.3 Å². The van der Waals surface area contributed by atoms with Gasteiger partial charge in [0.1, 0.15) is 0 Å². The molecule has 8 nitrogen and oxygen atoms in total. The van der Waals surface area contributed by atoms with Crippen LogP contribution in [-0.2, 0) is 4.74 Å². The summed E-state index contributed by atoms with van der Waals surface area (Å²) in [5.74, 6) is -0.0572.